The van der Waals surface area contributed by atoms with Crippen molar-refractivity contribution in [2.45, 2.75) is 82.8 Å². The van der Waals surface area contributed by atoms with Crippen LogP contribution in [0.2, 0.25) is 0 Å². The molecule has 0 spiro atoms. The van der Waals surface area contributed by atoms with E-state index in [4.69, 9.17) is 4.74 Å². The molecule has 2 aliphatic rings. The Labute approximate surface area is 197 Å². The molecule has 0 bridgehead atoms. The van der Waals surface area contributed by atoms with Crippen molar-refractivity contribution in [1.82, 2.24) is 9.21 Å². The Balaban J connectivity index is 1.74. The van der Waals surface area contributed by atoms with E-state index in [1.807, 2.05) is 6.92 Å². The van der Waals surface area contributed by atoms with E-state index in [9.17, 15) is 17.2 Å². The minimum atomic E-state index is -3.74. The van der Waals surface area contributed by atoms with E-state index in [2.05, 4.69) is 23.7 Å². The van der Waals surface area contributed by atoms with Gasteiger partial charge in [-0.3, -0.25) is 0 Å². The fourth-order valence-electron chi connectivity index (χ4n) is 4.46. The number of ether oxygens (including phenoxy) is 1. The highest BCUT2D eigenvalue weighted by atomic mass is 32.2. The van der Waals surface area contributed by atoms with E-state index in [0.29, 0.717) is 32.5 Å². The lowest BCUT2D eigenvalue weighted by molar-refractivity contribution is -0.159. The Bertz CT molecular complexity index is 950. The topological polar surface area (TPSA) is 49.9 Å². The molecule has 0 saturated carbocycles. The molecule has 0 atom stereocenters. The molecule has 2 saturated heterocycles. The van der Waals surface area contributed by atoms with Gasteiger partial charge in [0.1, 0.15) is 5.75 Å². The number of nitrogens with zero attached hydrogens (tertiary/aromatic N) is 2. The summed E-state index contributed by atoms with van der Waals surface area (Å²) in [6, 6.07) is 4.42. The molecule has 5 nitrogen and oxygen atoms in total. The molecule has 2 aliphatic heterocycles. The maximum atomic E-state index is 13.5. The lowest BCUT2D eigenvalue weighted by atomic mass is 9.95. The molecule has 184 valence electrons. The van der Waals surface area contributed by atoms with E-state index in [1.54, 1.807) is 0 Å². The van der Waals surface area contributed by atoms with Crippen LogP contribution < -0.4 is 4.74 Å². The summed E-state index contributed by atoms with van der Waals surface area (Å²) in [7, 11) is -3.74. The summed E-state index contributed by atoms with van der Waals surface area (Å²) >= 11 is 0. The first-order valence-corrected chi connectivity index (χ1v) is 13.5. The molecular formula is C25H36F2N2O3S. The summed E-state index contributed by atoms with van der Waals surface area (Å²) in [5, 5.41) is 0. The van der Waals surface area contributed by atoms with Gasteiger partial charge in [0.25, 0.3) is 0 Å². The molecular weight excluding hydrogens is 446 g/mol. The summed E-state index contributed by atoms with van der Waals surface area (Å²) in [6.45, 7) is 8.07. The second-order valence-electron chi connectivity index (χ2n) is 9.33. The van der Waals surface area contributed by atoms with Crippen LogP contribution >= 0.6 is 0 Å². The molecule has 0 amide bonds. The minimum Gasteiger partial charge on any atom is -0.431 e. The highest BCUT2D eigenvalue weighted by Crippen LogP contribution is 2.30. The van der Waals surface area contributed by atoms with Crippen LogP contribution in [0.3, 0.4) is 0 Å². The average Bonchev–Trinajstić information content (AvgIpc) is 2.77. The summed E-state index contributed by atoms with van der Waals surface area (Å²) < 4.78 is 59.8. The Kier molecular flexibility index (Phi) is 8.76. The van der Waals surface area contributed by atoms with Gasteiger partial charge in [-0.2, -0.15) is 13.1 Å². The lowest BCUT2D eigenvalue weighted by Gasteiger charge is -2.41. The molecule has 1 aromatic rings. The van der Waals surface area contributed by atoms with Gasteiger partial charge >= 0.3 is 6.11 Å². The van der Waals surface area contributed by atoms with Crippen molar-refractivity contribution in [2.75, 3.05) is 26.2 Å². The van der Waals surface area contributed by atoms with Crippen LogP contribution in [0.5, 0.6) is 5.75 Å². The van der Waals surface area contributed by atoms with Crippen molar-refractivity contribution in [3.05, 3.63) is 23.8 Å². The number of halogens is 2. The number of rotatable bonds is 7. The molecule has 0 N–H and O–H groups in total. The minimum absolute atomic E-state index is 0.0688. The molecule has 33 heavy (non-hydrogen) atoms. The number of unbranched alkanes of at least 4 members (excludes halogenated alkanes) is 2. The van der Waals surface area contributed by atoms with Crippen molar-refractivity contribution in [2.24, 2.45) is 5.92 Å². The highest BCUT2D eigenvalue weighted by molar-refractivity contribution is 7.89. The smallest absolute Gasteiger partial charge is 0.394 e. The van der Waals surface area contributed by atoms with Crippen LogP contribution in [0.1, 0.15) is 71.3 Å². The van der Waals surface area contributed by atoms with Gasteiger partial charge in [-0.1, -0.05) is 32.1 Å². The zero-order valence-electron chi connectivity index (χ0n) is 19.9. The van der Waals surface area contributed by atoms with Crippen molar-refractivity contribution in [3.8, 4) is 17.6 Å². The fourth-order valence-corrected chi connectivity index (χ4v) is 5.96. The Morgan fingerprint density at radius 3 is 2.39 bits per heavy atom. The molecule has 0 radical (unpaired) electrons. The molecule has 2 heterocycles. The largest absolute Gasteiger partial charge is 0.431 e. The molecule has 0 unspecified atom stereocenters. The van der Waals surface area contributed by atoms with Gasteiger partial charge in [0.15, 0.2) is 0 Å². The monoisotopic (exact) mass is 482 g/mol. The Hall–Kier alpha value is -1.69. The summed E-state index contributed by atoms with van der Waals surface area (Å²) in [5.41, 5.74) is 0.172. The van der Waals surface area contributed by atoms with E-state index in [1.165, 1.54) is 35.3 Å². The van der Waals surface area contributed by atoms with E-state index >= 15 is 0 Å². The number of hydrogen-bond acceptors (Lipinski definition) is 4. The van der Waals surface area contributed by atoms with Gasteiger partial charge in [0, 0.05) is 32.5 Å². The first-order chi connectivity index (χ1) is 15.6. The second kappa shape index (κ2) is 11.2. The summed E-state index contributed by atoms with van der Waals surface area (Å²) in [5.74, 6) is 6.44. The van der Waals surface area contributed by atoms with Gasteiger partial charge in [-0.25, -0.2) is 8.42 Å². The van der Waals surface area contributed by atoms with Crippen LogP contribution in [0.15, 0.2) is 23.1 Å². The quantitative estimate of drug-likeness (QED) is 0.401. The predicted octanol–water partition coefficient (Wildman–Crippen LogP) is 5.10. The Morgan fingerprint density at radius 2 is 1.79 bits per heavy atom. The first-order valence-electron chi connectivity index (χ1n) is 12.0. The number of alkyl halides is 2. The molecule has 0 aliphatic carbocycles. The zero-order chi connectivity index (χ0) is 24.1. The first kappa shape index (κ1) is 25.9. The summed E-state index contributed by atoms with van der Waals surface area (Å²) in [4.78, 5) is 2.57. The highest BCUT2D eigenvalue weighted by Gasteiger charge is 2.33. The fraction of sp³-hybridized carbons (Fsp3) is 0.680. The van der Waals surface area contributed by atoms with E-state index in [0.717, 1.165) is 44.7 Å². The third kappa shape index (κ3) is 7.14. The average molecular weight is 483 g/mol. The number of likely N-dealkylation sites (tertiary alicyclic amines) is 1. The van der Waals surface area contributed by atoms with Gasteiger partial charge in [-0.05, 0) is 69.3 Å². The van der Waals surface area contributed by atoms with Crippen LogP contribution in [-0.4, -0.2) is 56.0 Å². The van der Waals surface area contributed by atoms with Gasteiger partial charge < -0.3 is 9.64 Å². The van der Waals surface area contributed by atoms with Gasteiger partial charge in [0.05, 0.1) is 10.5 Å². The van der Waals surface area contributed by atoms with Crippen molar-refractivity contribution in [1.29, 1.82) is 0 Å². The third-order valence-corrected chi connectivity index (χ3v) is 8.41. The SMILES string of the molecule is CCCCC#Cc1cc(S(=O)(=O)N2CCC(N3CCC(C)CC3)CC2)ccc1OC(C)(F)F. The maximum absolute atomic E-state index is 13.5. The molecule has 8 heteroatoms. The zero-order valence-corrected chi connectivity index (χ0v) is 20.8. The van der Waals surface area contributed by atoms with E-state index in [-0.39, 0.29) is 16.2 Å². The normalized spacial score (nSPS) is 19.8. The number of hydrogen-bond donors (Lipinski definition) is 0. The van der Waals surface area contributed by atoms with Crippen molar-refractivity contribution < 1.29 is 21.9 Å². The maximum Gasteiger partial charge on any atom is 0.394 e. The third-order valence-electron chi connectivity index (χ3n) is 6.51. The van der Waals surface area contributed by atoms with Crippen LogP contribution in [-0.2, 0) is 10.0 Å². The molecule has 1 aromatic carbocycles. The standard InChI is InChI=1S/C25H36F2N2O3S/c1-4-5-6-7-8-21-19-23(9-10-24(21)32-25(3,26)27)33(30,31)29-17-13-22(14-18-29)28-15-11-20(2)12-16-28/h9-10,19-20,22H,4-6,11-18H2,1-3H3. The number of benzene rings is 1. The number of sulfonamides is 1. The van der Waals surface area contributed by atoms with Gasteiger partial charge in [0.2, 0.25) is 10.0 Å². The van der Waals surface area contributed by atoms with Crippen LogP contribution in [0.4, 0.5) is 8.78 Å². The van der Waals surface area contributed by atoms with Crippen LogP contribution in [0, 0.1) is 17.8 Å². The van der Waals surface area contributed by atoms with Crippen molar-refractivity contribution in [3.63, 3.8) is 0 Å². The van der Waals surface area contributed by atoms with Crippen LogP contribution in [0.25, 0.3) is 0 Å². The summed E-state index contributed by atoms with van der Waals surface area (Å²) in [6.07, 6.45) is 3.09. The lowest BCUT2D eigenvalue weighted by Crippen LogP contribution is -2.48. The molecule has 3 rings (SSSR count). The second-order valence-corrected chi connectivity index (χ2v) is 11.3. The van der Waals surface area contributed by atoms with E-state index < -0.39 is 16.1 Å². The predicted molar refractivity (Wildman–Crippen MR) is 126 cm³/mol. The Morgan fingerprint density at radius 1 is 1.12 bits per heavy atom. The van der Waals surface area contributed by atoms with Crippen molar-refractivity contribution >= 4 is 10.0 Å². The van der Waals surface area contributed by atoms with Gasteiger partial charge in [-0.15, -0.1) is 0 Å². The number of piperidine rings is 2. The molecule has 0 aromatic heterocycles. The molecule has 2 fully saturated rings.